The van der Waals surface area contributed by atoms with E-state index in [1.807, 2.05) is 4.90 Å². The van der Waals surface area contributed by atoms with Gasteiger partial charge in [-0.2, -0.15) is 0 Å². The Morgan fingerprint density at radius 1 is 1.43 bits per heavy atom. The summed E-state index contributed by atoms with van der Waals surface area (Å²) in [7, 11) is 0. The fourth-order valence-corrected chi connectivity index (χ4v) is 2.94. The van der Waals surface area contributed by atoms with E-state index in [0.29, 0.717) is 24.6 Å². The molecule has 0 aliphatic carbocycles. The number of carbonyl (C=O) groups excluding carboxylic acids is 1. The van der Waals surface area contributed by atoms with E-state index < -0.39 is 0 Å². The number of benzene rings is 1. The van der Waals surface area contributed by atoms with Gasteiger partial charge >= 0.3 is 0 Å². The number of hydrogen-bond donors (Lipinski definition) is 1. The number of amides is 1. The summed E-state index contributed by atoms with van der Waals surface area (Å²) in [4.78, 5) is 14.6. The highest BCUT2D eigenvalue weighted by atomic mass is 35.5. The van der Waals surface area contributed by atoms with Gasteiger partial charge in [0, 0.05) is 18.7 Å². The Kier molecular flexibility index (Phi) is 6.31. The van der Waals surface area contributed by atoms with Gasteiger partial charge in [0.1, 0.15) is 5.75 Å². The molecule has 0 bridgehead atoms. The summed E-state index contributed by atoms with van der Waals surface area (Å²) in [6.07, 6.45) is 3.32. The summed E-state index contributed by atoms with van der Waals surface area (Å²) in [5, 5.41) is 9.98. The number of carbonyl (C=O) groups is 1. The molecule has 4 nitrogen and oxygen atoms in total. The van der Waals surface area contributed by atoms with Gasteiger partial charge < -0.3 is 14.7 Å². The molecule has 1 aliphatic heterocycles. The van der Waals surface area contributed by atoms with Gasteiger partial charge in [0.2, 0.25) is 0 Å². The number of phenols is 1. The first kappa shape index (κ1) is 18.1. The predicted octanol–water partition coefficient (Wildman–Crippen LogP) is 4.10. The molecule has 1 aromatic carbocycles. The molecule has 1 saturated heterocycles. The van der Waals surface area contributed by atoms with Crippen LogP contribution < -0.4 is 0 Å². The van der Waals surface area contributed by atoms with Crippen molar-refractivity contribution in [3.8, 4) is 5.75 Å². The molecule has 0 unspecified atom stereocenters. The predicted molar refractivity (Wildman–Crippen MR) is 92.0 cm³/mol. The Hall–Kier alpha value is -1.26. The van der Waals surface area contributed by atoms with E-state index >= 15 is 0 Å². The molecule has 1 amide bonds. The largest absolute Gasteiger partial charge is 0.506 e. The molecule has 2 atom stereocenters. The van der Waals surface area contributed by atoms with Crippen LogP contribution in [0.3, 0.4) is 0 Å². The number of phenolic OH excluding ortho intramolecular Hbond substituents is 1. The van der Waals surface area contributed by atoms with Gasteiger partial charge in [0.05, 0.1) is 17.2 Å². The van der Waals surface area contributed by atoms with Gasteiger partial charge in [0.25, 0.3) is 5.91 Å². The highest BCUT2D eigenvalue weighted by molar-refractivity contribution is 6.32. The Balaban J connectivity index is 2.14. The van der Waals surface area contributed by atoms with Crippen molar-refractivity contribution in [2.24, 2.45) is 5.92 Å². The van der Waals surface area contributed by atoms with Crippen LogP contribution >= 0.6 is 11.6 Å². The van der Waals surface area contributed by atoms with Gasteiger partial charge in [0.15, 0.2) is 0 Å². The van der Waals surface area contributed by atoms with Crippen molar-refractivity contribution >= 4 is 17.5 Å². The number of morpholine rings is 1. The minimum Gasteiger partial charge on any atom is -0.506 e. The second-order valence-electron chi connectivity index (χ2n) is 6.56. The minimum absolute atomic E-state index is 0.0513. The maximum Gasteiger partial charge on any atom is 0.254 e. The lowest BCUT2D eigenvalue weighted by Crippen LogP contribution is -2.51. The summed E-state index contributed by atoms with van der Waals surface area (Å²) in [6.45, 7) is 7.57. The van der Waals surface area contributed by atoms with Crippen LogP contribution in [0.4, 0.5) is 0 Å². The maximum absolute atomic E-state index is 12.8. The molecule has 128 valence electrons. The zero-order chi connectivity index (χ0) is 17.0. The highest BCUT2D eigenvalue weighted by Crippen LogP contribution is 2.26. The zero-order valence-corrected chi connectivity index (χ0v) is 14.8. The van der Waals surface area contributed by atoms with Gasteiger partial charge in [-0.05, 0) is 30.5 Å². The Labute approximate surface area is 143 Å². The number of rotatable bonds is 5. The first-order chi connectivity index (χ1) is 10.9. The van der Waals surface area contributed by atoms with E-state index in [1.54, 1.807) is 12.1 Å². The quantitative estimate of drug-likeness (QED) is 0.878. The first-order valence-corrected chi connectivity index (χ1v) is 8.73. The van der Waals surface area contributed by atoms with Crippen LogP contribution in [0.25, 0.3) is 0 Å². The van der Waals surface area contributed by atoms with E-state index in [1.165, 1.54) is 6.07 Å². The molecule has 0 saturated carbocycles. The van der Waals surface area contributed by atoms with Crippen molar-refractivity contribution in [3.05, 3.63) is 28.8 Å². The van der Waals surface area contributed by atoms with Crippen LogP contribution in [0.2, 0.25) is 5.02 Å². The van der Waals surface area contributed by atoms with Crippen molar-refractivity contribution < 1.29 is 14.6 Å². The third-order valence-corrected chi connectivity index (χ3v) is 4.61. The number of hydrogen-bond acceptors (Lipinski definition) is 3. The summed E-state index contributed by atoms with van der Waals surface area (Å²) >= 11 is 5.82. The van der Waals surface area contributed by atoms with E-state index in [0.717, 1.165) is 19.3 Å². The number of nitrogens with zero attached hydrogens (tertiary/aromatic N) is 1. The van der Waals surface area contributed by atoms with Crippen molar-refractivity contribution in [2.75, 3.05) is 13.1 Å². The second-order valence-corrected chi connectivity index (χ2v) is 6.97. The Bertz CT molecular complexity index is 547. The summed E-state index contributed by atoms with van der Waals surface area (Å²) in [6, 6.07) is 4.65. The molecule has 2 rings (SSSR count). The molecule has 1 N–H and O–H groups in total. The fourth-order valence-electron chi connectivity index (χ4n) is 2.82. The Morgan fingerprint density at radius 3 is 2.78 bits per heavy atom. The molecule has 23 heavy (non-hydrogen) atoms. The van der Waals surface area contributed by atoms with E-state index in [9.17, 15) is 9.90 Å². The molecule has 1 aliphatic rings. The zero-order valence-electron chi connectivity index (χ0n) is 14.1. The number of unbranched alkanes of at least 4 members (excludes halogenated alkanes) is 1. The maximum atomic E-state index is 12.8. The molecule has 0 radical (unpaired) electrons. The second kappa shape index (κ2) is 8.02. The molecule has 0 aromatic heterocycles. The third kappa shape index (κ3) is 4.61. The molecule has 1 fully saturated rings. The van der Waals surface area contributed by atoms with Crippen LogP contribution in [0, 0.1) is 5.92 Å². The average Bonchev–Trinajstić information content (AvgIpc) is 2.54. The SMILES string of the molecule is CCCC[C@@H]1CN(C(=O)c2ccc(Cl)c(O)c2)C[C@H](C(C)C)O1. The monoisotopic (exact) mass is 339 g/mol. The lowest BCUT2D eigenvalue weighted by molar-refractivity contribution is -0.0962. The van der Waals surface area contributed by atoms with Gasteiger partial charge in [-0.25, -0.2) is 0 Å². The number of halogens is 1. The van der Waals surface area contributed by atoms with Crippen LogP contribution in [0.15, 0.2) is 18.2 Å². The molecule has 1 heterocycles. The minimum atomic E-state index is -0.0765. The molecule has 1 aromatic rings. The first-order valence-electron chi connectivity index (χ1n) is 8.35. The topological polar surface area (TPSA) is 49.8 Å². The van der Waals surface area contributed by atoms with Gasteiger partial charge in [-0.3, -0.25) is 4.79 Å². The lowest BCUT2D eigenvalue weighted by Gasteiger charge is -2.40. The van der Waals surface area contributed by atoms with Crippen molar-refractivity contribution in [1.29, 1.82) is 0 Å². The van der Waals surface area contributed by atoms with Gasteiger partial charge in [-0.1, -0.05) is 45.2 Å². The molecular weight excluding hydrogens is 314 g/mol. The molecule has 5 heteroatoms. The summed E-state index contributed by atoms with van der Waals surface area (Å²) < 4.78 is 6.14. The summed E-state index contributed by atoms with van der Waals surface area (Å²) in [5.74, 6) is 0.217. The molecule has 0 spiro atoms. The van der Waals surface area contributed by atoms with Crippen molar-refractivity contribution in [2.45, 2.75) is 52.2 Å². The Morgan fingerprint density at radius 2 is 2.17 bits per heavy atom. The third-order valence-electron chi connectivity index (χ3n) is 4.30. The number of ether oxygens (including phenoxy) is 1. The normalized spacial score (nSPS) is 21.7. The number of aromatic hydroxyl groups is 1. The van der Waals surface area contributed by atoms with E-state index in [4.69, 9.17) is 16.3 Å². The van der Waals surface area contributed by atoms with Crippen molar-refractivity contribution in [3.63, 3.8) is 0 Å². The summed E-state index contributed by atoms with van der Waals surface area (Å²) in [5.41, 5.74) is 0.463. The smallest absolute Gasteiger partial charge is 0.254 e. The van der Waals surface area contributed by atoms with Gasteiger partial charge in [-0.15, -0.1) is 0 Å². The highest BCUT2D eigenvalue weighted by Gasteiger charge is 2.32. The fraction of sp³-hybridized carbons (Fsp3) is 0.611. The van der Waals surface area contributed by atoms with Crippen LogP contribution in [-0.4, -0.2) is 41.2 Å². The van der Waals surface area contributed by atoms with Crippen LogP contribution in [0.1, 0.15) is 50.4 Å². The van der Waals surface area contributed by atoms with Crippen molar-refractivity contribution in [1.82, 2.24) is 4.90 Å². The van der Waals surface area contributed by atoms with E-state index in [-0.39, 0.29) is 28.9 Å². The molecular formula is C18H26ClNO3. The standard InChI is InChI=1S/C18H26ClNO3/c1-4-5-6-14-10-20(11-17(23-14)12(2)3)18(22)13-7-8-15(19)16(21)9-13/h7-9,12,14,17,21H,4-6,10-11H2,1-3H3/t14-,17-/m1/s1. The van der Waals surface area contributed by atoms with Crippen LogP contribution in [0.5, 0.6) is 5.75 Å². The van der Waals surface area contributed by atoms with Crippen LogP contribution in [-0.2, 0) is 4.74 Å². The van der Waals surface area contributed by atoms with E-state index in [2.05, 4.69) is 20.8 Å². The average molecular weight is 340 g/mol. The lowest BCUT2D eigenvalue weighted by atomic mass is 10.0.